The van der Waals surface area contributed by atoms with Crippen LogP contribution in [0.5, 0.6) is 0 Å². The fraction of sp³-hybridized carbons (Fsp3) is 0.846. The van der Waals surface area contributed by atoms with Crippen LogP contribution in [0.15, 0.2) is 0 Å². The minimum Gasteiger partial charge on any atom is -0.481 e. The lowest BCUT2D eigenvalue weighted by molar-refractivity contribution is -0.156. The molecule has 2 rings (SSSR count). The molecule has 6 heteroatoms. The molecule has 2 fully saturated rings. The van der Waals surface area contributed by atoms with Crippen LogP contribution in [-0.4, -0.2) is 60.8 Å². The summed E-state index contributed by atoms with van der Waals surface area (Å²) in [5.74, 6) is -0.821. The Hall–Kier alpha value is -1.14. The number of morpholine rings is 1. The highest BCUT2D eigenvalue weighted by Crippen LogP contribution is 2.33. The molecule has 0 radical (unpaired) electrons. The van der Waals surface area contributed by atoms with E-state index in [1.54, 1.807) is 4.90 Å². The molecule has 2 N–H and O–H groups in total. The van der Waals surface area contributed by atoms with Gasteiger partial charge in [0.15, 0.2) is 0 Å². The van der Waals surface area contributed by atoms with E-state index in [0.29, 0.717) is 45.7 Å². The summed E-state index contributed by atoms with van der Waals surface area (Å²) in [6, 6.07) is -0.324. The number of carboxylic acids is 1. The number of aliphatic carboxylic acids is 1. The zero-order chi connectivity index (χ0) is 13.9. The highest BCUT2D eigenvalue weighted by molar-refractivity contribution is 5.83. The quantitative estimate of drug-likeness (QED) is 0.759. The van der Waals surface area contributed by atoms with E-state index < -0.39 is 11.4 Å². The number of ether oxygens (including phenoxy) is 1. The molecular weight excluding hydrogens is 248 g/mol. The fourth-order valence-corrected chi connectivity index (χ4v) is 2.88. The van der Waals surface area contributed by atoms with Crippen molar-refractivity contribution in [1.29, 1.82) is 0 Å². The second-order valence-corrected chi connectivity index (χ2v) is 5.38. The normalized spacial score (nSPS) is 32.1. The fourth-order valence-electron chi connectivity index (χ4n) is 2.88. The molecule has 0 aromatic heterocycles. The first-order chi connectivity index (χ1) is 9.09. The van der Waals surface area contributed by atoms with E-state index in [9.17, 15) is 14.7 Å². The monoisotopic (exact) mass is 270 g/mol. The van der Waals surface area contributed by atoms with E-state index in [4.69, 9.17) is 4.74 Å². The maximum absolute atomic E-state index is 12.4. The first kappa shape index (κ1) is 14.3. The van der Waals surface area contributed by atoms with Gasteiger partial charge in [0.05, 0.1) is 18.6 Å². The number of nitrogens with one attached hydrogen (secondary N) is 1. The molecular formula is C13H22N2O4. The van der Waals surface area contributed by atoms with Crippen LogP contribution in [0, 0.1) is 5.41 Å². The Labute approximate surface area is 113 Å². The van der Waals surface area contributed by atoms with Crippen molar-refractivity contribution in [1.82, 2.24) is 10.2 Å². The number of hydrogen-bond donors (Lipinski definition) is 2. The molecule has 19 heavy (non-hydrogen) atoms. The molecule has 0 bridgehead atoms. The van der Waals surface area contributed by atoms with E-state index >= 15 is 0 Å². The third kappa shape index (κ3) is 2.90. The van der Waals surface area contributed by atoms with Crippen LogP contribution >= 0.6 is 0 Å². The van der Waals surface area contributed by atoms with Crippen molar-refractivity contribution in [2.45, 2.75) is 32.2 Å². The van der Waals surface area contributed by atoms with Gasteiger partial charge in [-0.3, -0.25) is 9.59 Å². The van der Waals surface area contributed by atoms with Gasteiger partial charge in [0.25, 0.3) is 0 Å². The summed E-state index contributed by atoms with van der Waals surface area (Å²) in [6.45, 7) is 4.51. The number of rotatable bonds is 3. The Morgan fingerprint density at radius 3 is 2.89 bits per heavy atom. The van der Waals surface area contributed by atoms with Gasteiger partial charge in [-0.1, -0.05) is 6.92 Å². The molecule has 2 atom stereocenters. The lowest BCUT2D eigenvalue weighted by Gasteiger charge is -2.41. The SMILES string of the molecule is CCC1(C(=O)O)CCCN(C(=O)C2COCCN2)C1. The Kier molecular flexibility index (Phi) is 4.42. The maximum atomic E-state index is 12.4. The van der Waals surface area contributed by atoms with E-state index in [2.05, 4.69) is 5.32 Å². The first-order valence-electron chi connectivity index (χ1n) is 6.92. The van der Waals surface area contributed by atoms with Crippen molar-refractivity contribution in [3.8, 4) is 0 Å². The summed E-state index contributed by atoms with van der Waals surface area (Å²) < 4.78 is 5.29. The number of piperidine rings is 1. The average Bonchev–Trinajstić information content (AvgIpc) is 2.47. The maximum Gasteiger partial charge on any atom is 0.311 e. The number of carbonyl (C=O) groups is 2. The molecule has 2 aliphatic rings. The van der Waals surface area contributed by atoms with Gasteiger partial charge in [0.1, 0.15) is 6.04 Å². The zero-order valence-corrected chi connectivity index (χ0v) is 11.4. The summed E-state index contributed by atoms with van der Waals surface area (Å²) >= 11 is 0. The van der Waals surface area contributed by atoms with Crippen molar-refractivity contribution >= 4 is 11.9 Å². The van der Waals surface area contributed by atoms with Gasteiger partial charge in [0.2, 0.25) is 5.91 Å². The molecule has 0 spiro atoms. The summed E-state index contributed by atoms with van der Waals surface area (Å²) in [5.41, 5.74) is -0.774. The number of likely N-dealkylation sites (tertiary alicyclic amines) is 1. The highest BCUT2D eigenvalue weighted by atomic mass is 16.5. The predicted octanol–water partition coefficient (Wildman–Crippen LogP) is 0.0782. The summed E-state index contributed by atoms with van der Waals surface area (Å²) in [6.07, 6.45) is 1.96. The van der Waals surface area contributed by atoms with Crippen LogP contribution in [0.2, 0.25) is 0 Å². The van der Waals surface area contributed by atoms with Gasteiger partial charge >= 0.3 is 5.97 Å². The molecule has 0 saturated carbocycles. The van der Waals surface area contributed by atoms with Crippen molar-refractivity contribution < 1.29 is 19.4 Å². The van der Waals surface area contributed by atoms with E-state index in [0.717, 1.165) is 6.42 Å². The summed E-state index contributed by atoms with van der Waals surface area (Å²) in [5, 5.41) is 12.5. The third-order valence-corrected chi connectivity index (χ3v) is 4.24. The molecule has 2 saturated heterocycles. The minimum atomic E-state index is -0.791. The van der Waals surface area contributed by atoms with Gasteiger partial charge in [-0.15, -0.1) is 0 Å². The molecule has 6 nitrogen and oxygen atoms in total. The summed E-state index contributed by atoms with van der Waals surface area (Å²) in [7, 11) is 0. The van der Waals surface area contributed by atoms with Crippen molar-refractivity contribution in [2.75, 3.05) is 32.8 Å². The molecule has 0 aliphatic carbocycles. The smallest absolute Gasteiger partial charge is 0.311 e. The van der Waals surface area contributed by atoms with E-state index in [1.807, 2.05) is 6.92 Å². The Morgan fingerprint density at radius 1 is 1.53 bits per heavy atom. The molecule has 2 heterocycles. The topological polar surface area (TPSA) is 78.9 Å². The minimum absolute atomic E-state index is 0.0292. The van der Waals surface area contributed by atoms with Crippen LogP contribution in [0.4, 0.5) is 0 Å². The molecule has 2 unspecified atom stereocenters. The average molecular weight is 270 g/mol. The largest absolute Gasteiger partial charge is 0.481 e. The van der Waals surface area contributed by atoms with E-state index in [-0.39, 0.29) is 11.9 Å². The van der Waals surface area contributed by atoms with Gasteiger partial charge in [-0.25, -0.2) is 0 Å². The molecule has 0 aromatic carbocycles. The standard InChI is InChI=1S/C13H22N2O4/c1-2-13(12(17)18)4-3-6-15(9-13)11(16)10-8-19-7-5-14-10/h10,14H,2-9H2,1H3,(H,17,18). The first-order valence-corrected chi connectivity index (χ1v) is 6.92. The van der Waals surface area contributed by atoms with Crippen LogP contribution in [-0.2, 0) is 14.3 Å². The van der Waals surface area contributed by atoms with Crippen LogP contribution in [0.25, 0.3) is 0 Å². The summed E-state index contributed by atoms with van der Waals surface area (Å²) in [4.78, 5) is 25.5. The second kappa shape index (κ2) is 5.88. The van der Waals surface area contributed by atoms with Crippen molar-refractivity contribution in [2.24, 2.45) is 5.41 Å². The predicted molar refractivity (Wildman–Crippen MR) is 68.8 cm³/mol. The lowest BCUT2D eigenvalue weighted by atomic mass is 9.77. The molecule has 0 aromatic rings. The Morgan fingerprint density at radius 2 is 2.32 bits per heavy atom. The van der Waals surface area contributed by atoms with Gasteiger partial charge in [-0.05, 0) is 19.3 Å². The zero-order valence-electron chi connectivity index (χ0n) is 11.4. The Bertz CT molecular complexity index is 355. The van der Waals surface area contributed by atoms with Crippen LogP contribution in [0.1, 0.15) is 26.2 Å². The third-order valence-electron chi connectivity index (χ3n) is 4.24. The number of nitrogens with zero attached hydrogens (tertiary/aromatic N) is 1. The molecule has 108 valence electrons. The number of carbonyl (C=O) groups excluding carboxylic acids is 1. The van der Waals surface area contributed by atoms with Crippen molar-refractivity contribution in [3.63, 3.8) is 0 Å². The van der Waals surface area contributed by atoms with Crippen LogP contribution < -0.4 is 5.32 Å². The van der Waals surface area contributed by atoms with Gasteiger partial charge < -0.3 is 20.1 Å². The van der Waals surface area contributed by atoms with Gasteiger partial charge in [-0.2, -0.15) is 0 Å². The van der Waals surface area contributed by atoms with Crippen molar-refractivity contribution in [3.05, 3.63) is 0 Å². The molecule has 1 amide bonds. The Balaban J connectivity index is 2.03. The second-order valence-electron chi connectivity index (χ2n) is 5.38. The van der Waals surface area contributed by atoms with E-state index in [1.165, 1.54) is 0 Å². The van der Waals surface area contributed by atoms with Crippen LogP contribution in [0.3, 0.4) is 0 Å². The molecule has 2 aliphatic heterocycles. The number of carboxylic acid groups (broad SMARTS) is 1. The van der Waals surface area contributed by atoms with Gasteiger partial charge in [0, 0.05) is 19.6 Å². The highest BCUT2D eigenvalue weighted by Gasteiger charge is 2.43. The number of hydrogen-bond acceptors (Lipinski definition) is 4. The lowest BCUT2D eigenvalue weighted by Crippen LogP contribution is -2.57. The number of amides is 1.